The van der Waals surface area contributed by atoms with Gasteiger partial charge in [-0.1, -0.05) is 6.92 Å². The average molecular weight is 228 g/mol. The zero-order valence-electron chi connectivity index (χ0n) is 10.4. The summed E-state index contributed by atoms with van der Waals surface area (Å²) >= 11 is 0. The van der Waals surface area contributed by atoms with Gasteiger partial charge < -0.3 is 15.3 Å². The largest absolute Gasteiger partial charge is 0.396 e. The second-order valence-corrected chi connectivity index (χ2v) is 4.73. The summed E-state index contributed by atoms with van der Waals surface area (Å²) in [4.78, 5) is 13.8. The van der Waals surface area contributed by atoms with Gasteiger partial charge in [-0.15, -0.1) is 0 Å². The first-order valence-electron chi connectivity index (χ1n) is 6.33. The van der Waals surface area contributed by atoms with Crippen molar-refractivity contribution in [3.05, 3.63) is 0 Å². The number of carbonyl (C=O) groups is 1. The standard InChI is InChI=1S/C12H24N2O2/c1-3-10(2)13-12(16)14-7-4-5-11(9-14)6-8-15/h10-11,15H,3-9H2,1-2H3,(H,13,16)/t10-,11-/m1/s1. The lowest BCUT2D eigenvalue weighted by Crippen LogP contribution is -2.48. The van der Waals surface area contributed by atoms with Crippen LogP contribution in [0.2, 0.25) is 0 Å². The average Bonchev–Trinajstić information content (AvgIpc) is 2.29. The summed E-state index contributed by atoms with van der Waals surface area (Å²) in [6.45, 7) is 5.96. The molecule has 4 heteroatoms. The molecule has 0 aromatic carbocycles. The number of rotatable bonds is 4. The van der Waals surface area contributed by atoms with Gasteiger partial charge in [-0.25, -0.2) is 4.79 Å². The van der Waals surface area contributed by atoms with E-state index in [-0.39, 0.29) is 18.7 Å². The molecule has 4 nitrogen and oxygen atoms in total. The molecule has 94 valence electrons. The van der Waals surface area contributed by atoms with Crippen LogP contribution in [-0.2, 0) is 0 Å². The molecule has 0 radical (unpaired) electrons. The number of hydrogen-bond acceptors (Lipinski definition) is 2. The number of aliphatic hydroxyl groups is 1. The van der Waals surface area contributed by atoms with Crippen LogP contribution in [0.4, 0.5) is 4.79 Å². The minimum Gasteiger partial charge on any atom is -0.396 e. The number of nitrogens with zero attached hydrogens (tertiary/aromatic N) is 1. The fourth-order valence-electron chi connectivity index (χ4n) is 2.07. The molecule has 0 aromatic heterocycles. The summed E-state index contributed by atoms with van der Waals surface area (Å²) < 4.78 is 0. The molecule has 16 heavy (non-hydrogen) atoms. The smallest absolute Gasteiger partial charge is 0.317 e. The summed E-state index contributed by atoms with van der Waals surface area (Å²) in [6, 6.07) is 0.294. The zero-order valence-corrected chi connectivity index (χ0v) is 10.4. The van der Waals surface area contributed by atoms with Crippen molar-refractivity contribution in [1.82, 2.24) is 10.2 Å². The molecule has 1 fully saturated rings. The van der Waals surface area contributed by atoms with E-state index in [4.69, 9.17) is 5.11 Å². The highest BCUT2D eigenvalue weighted by Gasteiger charge is 2.23. The van der Waals surface area contributed by atoms with Crippen LogP contribution in [-0.4, -0.2) is 41.8 Å². The van der Waals surface area contributed by atoms with Gasteiger partial charge in [0, 0.05) is 25.7 Å². The summed E-state index contributed by atoms with van der Waals surface area (Å²) in [6.07, 6.45) is 3.96. The van der Waals surface area contributed by atoms with Gasteiger partial charge in [-0.3, -0.25) is 0 Å². The lowest BCUT2D eigenvalue weighted by molar-refractivity contribution is 0.148. The first kappa shape index (κ1) is 13.3. The third-order valence-corrected chi connectivity index (χ3v) is 3.33. The Labute approximate surface area is 98.0 Å². The van der Waals surface area contributed by atoms with Gasteiger partial charge in [0.05, 0.1) is 0 Å². The molecule has 0 saturated carbocycles. The summed E-state index contributed by atoms with van der Waals surface area (Å²) in [7, 11) is 0. The van der Waals surface area contributed by atoms with Crippen LogP contribution < -0.4 is 5.32 Å². The van der Waals surface area contributed by atoms with Gasteiger partial charge in [0.15, 0.2) is 0 Å². The normalized spacial score (nSPS) is 22.9. The van der Waals surface area contributed by atoms with E-state index in [9.17, 15) is 4.79 Å². The molecule has 0 spiro atoms. The fraction of sp³-hybridized carbons (Fsp3) is 0.917. The van der Waals surface area contributed by atoms with Gasteiger partial charge in [-0.05, 0) is 38.5 Å². The quantitative estimate of drug-likeness (QED) is 0.767. The Morgan fingerprint density at radius 1 is 1.62 bits per heavy atom. The monoisotopic (exact) mass is 228 g/mol. The molecule has 0 bridgehead atoms. The Hall–Kier alpha value is -0.770. The molecule has 2 N–H and O–H groups in total. The van der Waals surface area contributed by atoms with Crippen molar-refractivity contribution in [3.63, 3.8) is 0 Å². The van der Waals surface area contributed by atoms with Crippen LogP contribution in [0.1, 0.15) is 39.5 Å². The number of urea groups is 1. The summed E-state index contributed by atoms with van der Waals surface area (Å²) in [5.41, 5.74) is 0. The Bertz CT molecular complexity index is 219. The number of amides is 2. The predicted octanol–water partition coefficient (Wildman–Crippen LogP) is 1.59. The summed E-state index contributed by atoms with van der Waals surface area (Å²) in [5, 5.41) is 11.9. The van der Waals surface area contributed by atoms with E-state index in [0.717, 1.165) is 38.8 Å². The molecule has 1 saturated heterocycles. The van der Waals surface area contributed by atoms with E-state index in [1.165, 1.54) is 0 Å². The maximum absolute atomic E-state index is 11.9. The molecule has 0 aromatic rings. The highest BCUT2D eigenvalue weighted by atomic mass is 16.3. The molecule has 0 unspecified atom stereocenters. The van der Waals surface area contributed by atoms with Crippen LogP contribution in [0.3, 0.4) is 0 Å². The highest BCUT2D eigenvalue weighted by molar-refractivity contribution is 5.74. The molecular formula is C12H24N2O2. The maximum Gasteiger partial charge on any atom is 0.317 e. The molecule has 1 aliphatic heterocycles. The topological polar surface area (TPSA) is 52.6 Å². The van der Waals surface area contributed by atoms with E-state index in [1.54, 1.807) is 0 Å². The molecule has 1 heterocycles. The minimum atomic E-state index is 0.0528. The van der Waals surface area contributed by atoms with E-state index in [1.807, 2.05) is 11.8 Å². The molecule has 0 aliphatic carbocycles. The number of hydrogen-bond donors (Lipinski definition) is 2. The van der Waals surface area contributed by atoms with Gasteiger partial charge in [-0.2, -0.15) is 0 Å². The second-order valence-electron chi connectivity index (χ2n) is 4.73. The van der Waals surface area contributed by atoms with Gasteiger partial charge in [0.25, 0.3) is 0 Å². The van der Waals surface area contributed by atoms with Crippen molar-refractivity contribution in [3.8, 4) is 0 Å². The molecule has 2 amide bonds. The Morgan fingerprint density at radius 2 is 2.38 bits per heavy atom. The van der Waals surface area contributed by atoms with Gasteiger partial charge in [0.1, 0.15) is 0 Å². The third-order valence-electron chi connectivity index (χ3n) is 3.33. The van der Waals surface area contributed by atoms with E-state index >= 15 is 0 Å². The Balaban J connectivity index is 2.37. The highest BCUT2D eigenvalue weighted by Crippen LogP contribution is 2.19. The Kier molecular flexibility index (Phi) is 5.60. The lowest BCUT2D eigenvalue weighted by Gasteiger charge is -2.33. The van der Waals surface area contributed by atoms with Crippen LogP contribution in [0.15, 0.2) is 0 Å². The lowest BCUT2D eigenvalue weighted by atomic mass is 9.95. The molecular weight excluding hydrogens is 204 g/mol. The van der Waals surface area contributed by atoms with Crippen molar-refractivity contribution < 1.29 is 9.90 Å². The zero-order chi connectivity index (χ0) is 12.0. The van der Waals surface area contributed by atoms with E-state index in [2.05, 4.69) is 12.2 Å². The van der Waals surface area contributed by atoms with E-state index in [0.29, 0.717) is 5.92 Å². The van der Waals surface area contributed by atoms with Crippen molar-refractivity contribution in [2.75, 3.05) is 19.7 Å². The van der Waals surface area contributed by atoms with Crippen molar-refractivity contribution >= 4 is 6.03 Å². The minimum absolute atomic E-state index is 0.0528. The number of piperidine rings is 1. The SMILES string of the molecule is CC[C@@H](C)NC(=O)N1CCC[C@H](CCO)C1. The van der Waals surface area contributed by atoms with Crippen molar-refractivity contribution in [2.45, 2.75) is 45.6 Å². The maximum atomic E-state index is 11.9. The van der Waals surface area contributed by atoms with E-state index < -0.39 is 0 Å². The molecule has 2 atom stereocenters. The van der Waals surface area contributed by atoms with Crippen LogP contribution in [0.25, 0.3) is 0 Å². The number of nitrogens with one attached hydrogen (secondary N) is 1. The van der Waals surface area contributed by atoms with Crippen LogP contribution in [0, 0.1) is 5.92 Å². The predicted molar refractivity (Wildman–Crippen MR) is 64.3 cm³/mol. The number of carbonyl (C=O) groups excluding carboxylic acids is 1. The van der Waals surface area contributed by atoms with Crippen molar-refractivity contribution in [2.24, 2.45) is 5.92 Å². The number of aliphatic hydroxyl groups excluding tert-OH is 1. The van der Waals surface area contributed by atoms with Gasteiger partial charge in [0.2, 0.25) is 0 Å². The summed E-state index contributed by atoms with van der Waals surface area (Å²) in [5.74, 6) is 0.474. The molecule has 1 aliphatic rings. The van der Waals surface area contributed by atoms with Crippen molar-refractivity contribution in [1.29, 1.82) is 0 Å². The number of likely N-dealkylation sites (tertiary alicyclic amines) is 1. The van der Waals surface area contributed by atoms with Crippen LogP contribution >= 0.6 is 0 Å². The third kappa shape index (κ3) is 4.00. The first-order valence-corrected chi connectivity index (χ1v) is 6.33. The van der Waals surface area contributed by atoms with Gasteiger partial charge >= 0.3 is 6.03 Å². The Morgan fingerprint density at radius 3 is 3.00 bits per heavy atom. The van der Waals surface area contributed by atoms with Crippen LogP contribution in [0.5, 0.6) is 0 Å². The second kappa shape index (κ2) is 6.74. The first-order chi connectivity index (χ1) is 7.67. The fourth-order valence-corrected chi connectivity index (χ4v) is 2.07. The molecule has 1 rings (SSSR count).